The Morgan fingerprint density at radius 1 is 1.44 bits per heavy atom. The summed E-state index contributed by atoms with van der Waals surface area (Å²) in [4.78, 5) is 0. The molecule has 1 aliphatic rings. The zero-order valence-electron chi connectivity index (χ0n) is 9.67. The number of rotatable bonds is 5. The number of benzene rings is 1. The van der Waals surface area contributed by atoms with Crippen molar-refractivity contribution in [3.8, 4) is 0 Å². The molecule has 2 unspecified atom stereocenters. The second-order valence-corrected chi connectivity index (χ2v) is 5.10. The highest BCUT2D eigenvalue weighted by atomic mass is 35.5. The topological polar surface area (TPSA) is 38.0 Å². The first-order valence-corrected chi connectivity index (χ1v) is 6.35. The van der Waals surface area contributed by atoms with Crippen LogP contribution in [0.1, 0.15) is 31.7 Å². The van der Waals surface area contributed by atoms with Crippen molar-refractivity contribution in [2.45, 2.75) is 38.8 Å². The standard InChI is InChI=1S/C13H19ClN2/c1-2-3-10-6-13(10)16-8-9-4-11(14)7-12(15)5-9/h4-5,7,10,13,16H,2-3,6,8,15H2,1H3. The van der Waals surface area contributed by atoms with Gasteiger partial charge in [-0.05, 0) is 42.5 Å². The third kappa shape index (κ3) is 3.13. The molecule has 0 saturated heterocycles. The van der Waals surface area contributed by atoms with Crippen LogP contribution in [0.3, 0.4) is 0 Å². The highest BCUT2D eigenvalue weighted by molar-refractivity contribution is 6.30. The molecule has 0 aliphatic heterocycles. The number of hydrogen-bond donors (Lipinski definition) is 2. The van der Waals surface area contributed by atoms with Crippen LogP contribution >= 0.6 is 11.6 Å². The van der Waals surface area contributed by atoms with E-state index in [4.69, 9.17) is 17.3 Å². The van der Waals surface area contributed by atoms with Gasteiger partial charge in [-0.1, -0.05) is 24.9 Å². The molecule has 1 saturated carbocycles. The fraction of sp³-hybridized carbons (Fsp3) is 0.538. The minimum absolute atomic E-state index is 0.708. The lowest BCUT2D eigenvalue weighted by Gasteiger charge is -2.06. The van der Waals surface area contributed by atoms with Crippen LogP contribution in [-0.2, 0) is 6.54 Å². The Hall–Kier alpha value is -0.730. The van der Waals surface area contributed by atoms with Crippen LogP contribution in [-0.4, -0.2) is 6.04 Å². The zero-order chi connectivity index (χ0) is 11.5. The third-order valence-electron chi connectivity index (χ3n) is 3.13. The summed E-state index contributed by atoms with van der Waals surface area (Å²) in [6, 6.07) is 6.44. The summed E-state index contributed by atoms with van der Waals surface area (Å²) in [5.41, 5.74) is 7.66. The van der Waals surface area contributed by atoms with E-state index in [0.29, 0.717) is 6.04 Å². The molecule has 0 heterocycles. The molecule has 1 aromatic carbocycles. The molecule has 3 N–H and O–H groups in total. The van der Waals surface area contributed by atoms with Crippen LogP contribution < -0.4 is 11.1 Å². The predicted molar refractivity (Wildman–Crippen MR) is 69.5 cm³/mol. The van der Waals surface area contributed by atoms with Crippen LogP contribution in [0.2, 0.25) is 5.02 Å². The van der Waals surface area contributed by atoms with E-state index in [1.165, 1.54) is 24.8 Å². The Morgan fingerprint density at radius 2 is 2.25 bits per heavy atom. The molecule has 0 bridgehead atoms. The normalized spacial score (nSPS) is 23.4. The highest BCUT2D eigenvalue weighted by Crippen LogP contribution is 2.34. The van der Waals surface area contributed by atoms with Gasteiger partial charge in [0, 0.05) is 23.3 Å². The average Bonchev–Trinajstić information content (AvgIpc) is 2.93. The molecule has 16 heavy (non-hydrogen) atoms. The van der Waals surface area contributed by atoms with Crippen LogP contribution in [0, 0.1) is 5.92 Å². The largest absolute Gasteiger partial charge is 0.399 e. The van der Waals surface area contributed by atoms with Crippen molar-refractivity contribution in [3.63, 3.8) is 0 Å². The molecule has 2 rings (SSSR count). The average molecular weight is 239 g/mol. The maximum atomic E-state index is 5.95. The van der Waals surface area contributed by atoms with E-state index in [0.717, 1.165) is 23.2 Å². The second-order valence-electron chi connectivity index (χ2n) is 4.66. The lowest BCUT2D eigenvalue weighted by molar-refractivity contribution is 0.599. The predicted octanol–water partition coefficient (Wildman–Crippen LogP) is 3.20. The van der Waals surface area contributed by atoms with Gasteiger partial charge in [0.1, 0.15) is 0 Å². The van der Waals surface area contributed by atoms with Crippen LogP contribution in [0.4, 0.5) is 5.69 Å². The first kappa shape index (κ1) is 11.7. The number of nitrogens with one attached hydrogen (secondary N) is 1. The lowest BCUT2D eigenvalue weighted by Crippen LogP contribution is -2.17. The Kier molecular flexibility index (Phi) is 3.72. The monoisotopic (exact) mass is 238 g/mol. The van der Waals surface area contributed by atoms with Crippen LogP contribution in [0.5, 0.6) is 0 Å². The van der Waals surface area contributed by atoms with Crippen molar-refractivity contribution in [2.24, 2.45) is 5.92 Å². The summed E-state index contributed by atoms with van der Waals surface area (Å²) in [5.74, 6) is 0.890. The quantitative estimate of drug-likeness (QED) is 0.774. The fourth-order valence-corrected chi connectivity index (χ4v) is 2.48. The molecule has 1 fully saturated rings. The molecule has 1 aliphatic carbocycles. The minimum atomic E-state index is 0.708. The van der Waals surface area contributed by atoms with Crippen molar-refractivity contribution in [1.29, 1.82) is 0 Å². The van der Waals surface area contributed by atoms with E-state index >= 15 is 0 Å². The Bertz CT molecular complexity index is 345. The van der Waals surface area contributed by atoms with E-state index in [9.17, 15) is 0 Å². The summed E-state index contributed by atoms with van der Waals surface area (Å²) < 4.78 is 0. The molecule has 1 aromatic rings. The van der Waals surface area contributed by atoms with Gasteiger partial charge in [0.25, 0.3) is 0 Å². The number of nitrogens with two attached hydrogens (primary N) is 1. The number of halogens is 1. The lowest BCUT2D eigenvalue weighted by atomic mass is 10.2. The summed E-state index contributed by atoms with van der Waals surface area (Å²) in [6.45, 7) is 3.11. The molecule has 0 amide bonds. The fourth-order valence-electron chi connectivity index (χ4n) is 2.21. The molecular formula is C13H19ClN2. The smallest absolute Gasteiger partial charge is 0.0429 e. The summed E-state index contributed by atoms with van der Waals surface area (Å²) in [6.07, 6.45) is 3.95. The van der Waals surface area contributed by atoms with Crippen molar-refractivity contribution in [3.05, 3.63) is 28.8 Å². The summed E-state index contributed by atoms with van der Waals surface area (Å²) in [5, 5.41) is 4.27. The van der Waals surface area contributed by atoms with Gasteiger partial charge in [-0.25, -0.2) is 0 Å². The number of hydrogen-bond acceptors (Lipinski definition) is 2. The first-order chi connectivity index (χ1) is 7.69. The van der Waals surface area contributed by atoms with E-state index < -0.39 is 0 Å². The second kappa shape index (κ2) is 5.07. The van der Waals surface area contributed by atoms with E-state index in [2.05, 4.69) is 12.2 Å². The van der Waals surface area contributed by atoms with Crippen LogP contribution in [0.15, 0.2) is 18.2 Å². The number of nitrogen functional groups attached to an aromatic ring is 1. The van der Waals surface area contributed by atoms with Crippen LogP contribution in [0.25, 0.3) is 0 Å². The third-order valence-corrected chi connectivity index (χ3v) is 3.35. The van der Waals surface area contributed by atoms with Crippen molar-refractivity contribution in [2.75, 3.05) is 5.73 Å². The van der Waals surface area contributed by atoms with Gasteiger partial charge in [-0.3, -0.25) is 0 Å². The van der Waals surface area contributed by atoms with Gasteiger partial charge in [-0.2, -0.15) is 0 Å². The van der Waals surface area contributed by atoms with Gasteiger partial charge in [0.05, 0.1) is 0 Å². The first-order valence-electron chi connectivity index (χ1n) is 5.97. The maximum absolute atomic E-state index is 5.95. The van der Waals surface area contributed by atoms with E-state index in [-0.39, 0.29) is 0 Å². The maximum Gasteiger partial charge on any atom is 0.0429 e. The van der Waals surface area contributed by atoms with E-state index in [1.807, 2.05) is 12.1 Å². The molecule has 0 spiro atoms. The van der Waals surface area contributed by atoms with Gasteiger partial charge in [0.15, 0.2) is 0 Å². The molecule has 3 heteroatoms. The summed E-state index contributed by atoms with van der Waals surface area (Å²) >= 11 is 5.95. The van der Waals surface area contributed by atoms with Gasteiger partial charge in [-0.15, -0.1) is 0 Å². The minimum Gasteiger partial charge on any atom is -0.399 e. The van der Waals surface area contributed by atoms with E-state index in [1.54, 1.807) is 6.07 Å². The van der Waals surface area contributed by atoms with Crippen molar-refractivity contribution < 1.29 is 0 Å². The Morgan fingerprint density at radius 3 is 2.94 bits per heavy atom. The number of anilines is 1. The molecule has 0 radical (unpaired) electrons. The molecule has 88 valence electrons. The molecule has 2 nitrogen and oxygen atoms in total. The van der Waals surface area contributed by atoms with Gasteiger partial charge in [0.2, 0.25) is 0 Å². The summed E-state index contributed by atoms with van der Waals surface area (Å²) in [7, 11) is 0. The highest BCUT2D eigenvalue weighted by Gasteiger charge is 2.35. The van der Waals surface area contributed by atoms with Crippen molar-refractivity contribution >= 4 is 17.3 Å². The molecular weight excluding hydrogens is 220 g/mol. The van der Waals surface area contributed by atoms with Gasteiger partial charge >= 0.3 is 0 Å². The Labute approximate surface area is 102 Å². The van der Waals surface area contributed by atoms with Crippen molar-refractivity contribution in [1.82, 2.24) is 5.32 Å². The molecule has 0 aromatic heterocycles. The Balaban J connectivity index is 1.82. The SMILES string of the molecule is CCCC1CC1NCc1cc(N)cc(Cl)c1. The molecule has 2 atom stereocenters. The van der Waals surface area contributed by atoms with Gasteiger partial charge < -0.3 is 11.1 Å². The zero-order valence-corrected chi connectivity index (χ0v) is 10.4.